The zero-order valence-electron chi connectivity index (χ0n) is 17.1. The van der Waals surface area contributed by atoms with Gasteiger partial charge < -0.3 is 14.7 Å². The lowest BCUT2D eigenvalue weighted by atomic mass is 9.83. The van der Waals surface area contributed by atoms with E-state index >= 15 is 0 Å². The highest BCUT2D eigenvalue weighted by Crippen LogP contribution is 2.49. The number of benzene rings is 2. The molecule has 2 amide bonds. The van der Waals surface area contributed by atoms with E-state index < -0.39 is 20.5 Å². The van der Waals surface area contributed by atoms with E-state index in [0.29, 0.717) is 18.5 Å². The number of hydrogen-bond donors (Lipinski definition) is 1. The summed E-state index contributed by atoms with van der Waals surface area (Å²) in [6, 6.07) is 14.8. The minimum atomic E-state index is -3.44. The molecular formula is C22H21FN4O4S. The molecule has 0 aliphatic carbocycles. The first kappa shape index (κ1) is 20.6. The van der Waals surface area contributed by atoms with E-state index in [1.165, 1.54) is 29.2 Å². The van der Waals surface area contributed by atoms with Crippen LogP contribution in [0.25, 0.3) is 11.4 Å². The first-order chi connectivity index (χ1) is 15.4. The summed E-state index contributed by atoms with van der Waals surface area (Å²) in [6.45, 7) is 0.522. The number of urea groups is 1. The second kappa shape index (κ2) is 7.70. The molecule has 5 rings (SSSR count). The number of amides is 2. The van der Waals surface area contributed by atoms with Gasteiger partial charge >= 0.3 is 6.03 Å². The Morgan fingerprint density at radius 1 is 1.16 bits per heavy atom. The number of halogens is 1. The third kappa shape index (κ3) is 3.44. The Kier molecular flexibility index (Phi) is 4.96. The van der Waals surface area contributed by atoms with Crippen molar-refractivity contribution in [1.29, 1.82) is 0 Å². The topological polar surface area (TPSA) is 105 Å². The van der Waals surface area contributed by atoms with Gasteiger partial charge in [-0.05, 0) is 36.2 Å². The van der Waals surface area contributed by atoms with Gasteiger partial charge in [0.25, 0.3) is 0 Å². The highest BCUT2D eigenvalue weighted by molar-refractivity contribution is 7.93. The van der Waals surface area contributed by atoms with Crippen molar-refractivity contribution in [3.05, 3.63) is 71.9 Å². The quantitative estimate of drug-likeness (QED) is 0.647. The van der Waals surface area contributed by atoms with Gasteiger partial charge in [0.1, 0.15) is 10.6 Å². The smallest absolute Gasteiger partial charge is 0.317 e. The molecule has 0 bridgehead atoms. The largest absolute Gasteiger partial charge is 0.339 e. The van der Waals surface area contributed by atoms with Crippen molar-refractivity contribution in [3.8, 4) is 11.4 Å². The number of carbonyl (C=O) groups is 1. The number of nitrogens with zero attached hydrogens (tertiary/aromatic N) is 3. The summed E-state index contributed by atoms with van der Waals surface area (Å²) in [4.78, 5) is 18.4. The van der Waals surface area contributed by atoms with Gasteiger partial charge in [0.15, 0.2) is 9.84 Å². The first-order valence-electron chi connectivity index (χ1n) is 10.3. The minimum absolute atomic E-state index is 0.00536. The van der Waals surface area contributed by atoms with Gasteiger partial charge in [0.05, 0.1) is 11.7 Å². The molecule has 166 valence electrons. The maximum absolute atomic E-state index is 13.2. The number of hydrogen-bond acceptors (Lipinski definition) is 6. The molecule has 2 fully saturated rings. The lowest BCUT2D eigenvalue weighted by Gasteiger charge is -2.48. The summed E-state index contributed by atoms with van der Waals surface area (Å²) >= 11 is 0. The van der Waals surface area contributed by atoms with Gasteiger partial charge in [0, 0.05) is 25.2 Å². The molecule has 0 saturated carbocycles. The van der Waals surface area contributed by atoms with Crippen LogP contribution < -0.4 is 5.32 Å². The molecule has 3 aromatic rings. The van der Waals surface area contributed by atoms with Crippen molar-refractivity contribution >= 4 is 15.9 Å². The van der Waals surface area contributed by atoms with E-state index in [9.17, 15) is 17.6 Å². The van der Waals surface area contributed by atoms with E-state index in [1.807, 2.05) is 30.3 Å². The van der Waals surface area contributed by atoms with Crippen LogP contribution in [0.15, 0.2) is 59.1 Å². The van der Waals surface area contributed by atoms with E-state index in [4.69, 9.17) is 4.52 Å². The molecule has 8 nitrogen and oxygen atoms in total. The van der Waals surface area contributed by atoms with Crippen LogP contribution >= 0.6 is 0 Å². The average Bonchev–Trinajstić information content (AvgIpc) is 3.34. The fourth-order valence-corrected chi connectivity index (χ4v) is 6.75. The predicted molar refractivity (Wildman–Crippen MR) is 114 cm³/mol. The maximum atomic E-state index is 13.2. The summed E-state index contributed by atoms with van der Waals surface area (Å²) in [6.07, 6.45) is 0.354. The number of sulfone groups is 1. The van der Waals surface area contributed by atoms with Crippen molar-refractivity contribution in [2.75, 3.05) is 18.8 Å². The van der Waals surface area contributed by atoms with E-state index in [1.54, 1.807) is 0 Å². The van der Waals surface area contributed by atoms with Gasteiger partial charge in [-0.1, -0.05) is 35.5 Å². The fraction of sp³-hybridized carbons (Fsp3) is 0.318. The SMILES string of the molecule is O=C(NCc1ccccc1)N1CC2(C1)C(c1nc(-c3ccc(F)cc3)no1)CCS2(=O)=O. The molecule has 32 heavy (non-hydrogen) atoms. The van der Waals surface area contributed by atoms with Gasteiger partial charge in [-0.15, -0.1) is 0 Å². The lowest BCUT2D eigenvalue weighted by Crippen LogP contribution is -2.69. The van der Waals surface area contributed by atoms with Crippen molar-refractivity contribution in [2.45, 2.75) is 23.6 Å². The lowest BCUT2D eigenvalue weighted by molar-refractivity contribution is 0.116. The zero-order valence-corrected chi connectivity index (χ0v) is 17.9. The highest BCUT2D eigenvalue weighted by Gasteiger charge is 2.64. The second-order valence-electron chi connectivity index (χ2n) is 8.19. The van der Waals surface area contributed by atoms with Crippen LogP contribution in [0.2, 0.25) is 0 Å². The van der Waals surface area contributed by atoms with Gasteiger partial charge in [0.2, 0.25) is 11.7 Å². The fourth-order valence-electron chi connectivity index (χ4n) is 4.44. The van der Waals surface area contributed by atoms with E-state index in [-0.39, 0.29) is 42.4 Å². The van der Waals surface area contributed by atoms with Crippen LogP contribution in [0.5, 0.6) is 0 Å². The van der Waals surface area contributed by atoms with Crippen LogP contribution in [-0.2, 0) is 16.4 Å². The van der Waals surface area contributed by atoms with Crippen LogP contribution in [0.4, 0.5) is 9.18 Å². The Bertz CT molecular complexity index is 1240. The molecular weight excluding hydrogens is 435 g/mol. The van der Waals surface area contributed by atoms with Crippen LogP contribution in [0, 0.1) is 5.82 Å². The highest BCUT2D eigenvalue weighted by atomic mass is 32.2. The third-order valence-electron chi connectivity index (χ3n) is 6.26. The Morgan fingerprint density at radius 3 is 2.59 bits per heavy atom. The number of nitrogens with one attached hydrogen (secondary N) is 1. The monoisotopic (exact) mass is 456 g/mol. The summed E-state index contributed by atoms with van der Waals surface area (Å²) < 4.78 is 43.3. The Morgan fingerprint density at radius 2 is 1.88 bits per heavy atom. The summed E-state index contributed by atoms with van der Waals surface area (Å²) in [5.74, 6) is -0.359. The summed E-state index contributed by atoms with van der Waals surface area (Å²) in [5.41, 5.74) is 1.54. The molecule has 10 heteroatoms. The number of aromatic nitrogens is 2. The average molecular weight is 456 g/mol. The number of likely N-dealkylation sites (tertiary alicyclic amines) is 1. The van der Waals surface area contributed by atoms with E-state index in [2.05, 4.69) is 15.5 Å². The second-order valence-corrected chi connectivity index (χ2v) is 10.6. The molecule has 1 N–H and O–H groups in total. The molecule has 1 atom stereocenters. The minimum Gasteiger partial charge on any atom is -0.339 e. The molecule has 1 spiro atoms. The predicted octanol–water partition coefficient (Wildman–Crippen LogP) is 2.74. The van der Waals surface area contributed by atoms with Gasteiger partial charge in [-0.3, -0.25) is 0 Å². The van der Waals surface area contributed by atoms with Crippen LogP contribution in [-0.4, -0.2) is 53.1 Å². The maximum Gasteiger partial charge on any atom is 0.317 e. The molecule has 2 aromatic carbocycles. The Balaban J connectivity index is 1.31. The molecule has 2 aliphatic heterocycles. The Labute approximate surface area is 184 Å². The van der Waals surface area contributed by atoms with Crippen molar-refractivity contribution in [3.63, 3.8) is 0 Å². The zero-order chi connectivity index (χ0) is 22.3. The molecule has 2 saturated heterocycles. The molecule has 1 unspecified atom stereocenters. The van der Waals surface area contributed by atoms with Gasteiger partial charge in [-0.2, -0.15) is 4.98 Å². The van der Waals surface area contributed by atoms with Crippen LogP contribution in [0.3, 0.4) is 0 Å². The molecule has 3 heterocycles. The molecule has 1 aromatic heterocycles. The standard InChI is InChI=1S/C22H21FN4O4S/c23-17-8-6-16(7-9-17)19-25-20(31-26-19)18-10-11-32(29,30)22(18)13-27(14-22)21(28)24-12-15-4-2-1-3-5-15/h1-9,18H,10-14H2,(H,24,28). The van der Waals surface area contributed by atoms with Gasteiger partial charge in [-0.25, -0.2) is 17.6 Å². The summed E-state index contributed by atoms with van der Waals surface area (Å²) in [5, 5.41) is 6.78. The van der Waals surface area contributed by atoms with Crippen molar-refractivity contribution in [2.24, 2.45) is 0 Å². The molecule has 2 aliphatic rings. The number of carbonyl (C=O) groups excluding carboxylic acids is 1. The van der Waals surface area contributed by atoms with Crippen molar-refractivity contribution in [1.82, 2.24) is 20.4 Å². The molecule has 0 radical (unpaired) electrons. The Hall–Kier alpha value is -3.27. The third-order valence-corrected chi connectivity index (χ3v) is 8.82. The van der Waals surface area contributed by atoms with Crippen LogP contribution in [0.1, 0.15) is 23.8 Å². The number of rotatable bonds is 4. The normalized spacial score (nSPS) is 20.8. The van der Waals surface area contributed by atoms with E-state index in [0.717, 1.165) is 5.56 Å². The van der Waals surface area contributed by atoms with Crippen molar-refractivity contribution < 1.29 is 22.1 Å². The summed E-state index contributed by atoms with van der Waals surface area (Å²) in [7, 11) is -3.44. The first-order valence-corrected chi connectivity index (χ1v) is 11.9.